The van der Waals surface area contributed by atoms with E-state index in [1.807, 2.05) is 30.3 Å². The lowest BCUT2D eigenvalue weighted by atomic mass is 9.92. The van der Waals surface area contributed by atoms with Crippen LogP contribution in [0.25, 0.3) is 11.8 Å². The average molecular weight is 596 g/mol. The van der Waals surface area contributed by atoms with Crippen molar-refractivity contribution in [3.05, 3.63) is 119 Å². The summed E-state index contributed by atoms with van der Waals surface area (Å²) < 4.78 is 18.5. The van der Waals surface area contributed by atoms with Crippen LogP contribution >= 0.6 is 34.5 Å². The molecule has 0 fully saturated rings. The van der Waals surface area contributed by atoms with Gasteiger partial charge in [0.2, 0.25) is 0 Å². The molecule has 3 aromatic carbocycles. The fourth-order valence-electron chi connectivity index (χ4n) is 4.55. The first-order chi connectivity index (χ1) is 19.4. The first-order valence-corrected chi connectivity index (χ1v) is 13.9. The fourth-order valence-corrected chi connectivity index (χ4v) is 5.91. The van der Waals surface area contributed by atoms with Crippen molar-refractivity contribution < 1.29 is 19.0 Å². The summed E-state index contributed by atoms with van der Waals surface area (Å²) in [6, 6.07) is 18.9. The highest BCUT2D eigenvalue weighted by Crippen LogP contribution is 2.40. The standard InChI is InChI=1S/C30H24Cl2N2O5S/c1-4-39-29(36)24-26(17-9-6-5-7-10-17)33-30-34(27(24)20-14-13-19(37-2)16-22(20)38-3)28(35)23(40-30)15-18-11-8-12-21(31)25(18)32/h5-16,27H,4H2,1-3H3/b23-15+. The van der Waals surface area contributed by atoms with Crippen molar-refractivity contribution in [2.24, 2.45) is 4.99 Å². The van der Waals surface area contributed by atoms with Crippen LogP contribution in [0.1, 0.15) is 29.7 Å². The van der Waals surface area contributed by atoms with Crippen LogP contribution in [0.5, 0.6) is 11.5 Å². The third kappa shape index (κ3) is 5.06. The molecule has 2 heterocycles. The molecule has 40 heavy (non-hydrogen) atoms. The van der Waals surface area contributed by atoms with E-state index in [0.717, 1.165) is 0 Å². The summed E-state index contributed by atoms with van der Waals surface area (Å²) in [6.45, 7) is 1.88. The molecular formula is C30H24Cl2N2O5S. The summed E-state index contributed by atoms with van der Waals surface area (Å²) in [5.41, 5.74) is 2.15. The van der Waals surface area contributed by atoms with E-state index in [1.54, 1.807) is 56.5 Å². The summed E-state index contributed by atoms with van der Waals surface area (Å²) >= 11 is 13.8. The third-order valence-electron chi connectivity index (χ3n) is 6.38. The molecule has 1 unspecified atom stereocenters. The van der Waals surface area contributed by atoms with Gasteiger partial charge in [-0.2, -0.15) is 0 Å². The van der Waals surface area contributed by atoms with E-state index >= 15 is 0 Å². The largest absolute Gasteiger partial charge is 0.497 e. The van der Waals surface area contributed by atoms with Crippen LogP contribution in [0.4, 0.5) is 0 Å². The van der Waals surface area contributed by atoms with E-state index in [4.69, 9.17) is 42.4 Å². The number of hydrogen-bond acceptors (Lipinski definition) is 7. The van der Waals surface area contributed by atoms with Crippen molar-refractivity contribution in [3.63, 3.8) is 0 Å². The van der Waals surface area contributed by atoms with Gasteiger partial charge < -0.3 is 14.2 Å². The lowest BCUT2D eigenvalue weighted by Crippen LogP contribution is -2.40. The molecule has 0 bridgehead atoms. The van der Waals surface area contributed by atoms with Gasteiger partial charge in [-0.25, -0.2) is 9.79 Å². The van der Waals surface area contributed by atoms with E-state index in [9.17, 15) is 9.59 Å². The highest BCUT2D eigenvalue weighted by atomic mass is 35.5. The Labute approximate surface area is 244 Å². The number of ether oxygens (including phenoxy) is 3. The molecule has 0 radical (unpaired) electrons. The summed E-state index contributed by atoms with van der Waals surface area (Å²) in [7, 11) is 3.07. The zero-order valence-electron chi connectivity index (χ0n) is 21.8. The lowest BCUT2D eigenvalue weighted by Gasteiger charge is -2.27. The number of fused-ring (bicyclic) bond motifs is 1. The highest BCUT2D eigenvalue weighted by Gasteiger charge is 2.36. The number of thiazole rings is 1. The Hall–Kier alpha value is -3.85. The van der Waals surface area contributed by atoms with Crippen molar-refractivity contribution in [2.45, 2.75) is 13.0 Å². The average Bonchev–Trinajstić information content (AvgIpc) is 3.29. The van der Waals surface area contributed by atoms with Gasteiger partial charge in [0, 0.05) is 17.2 Å². The van der Waals surface area contributed by atoms with Crippen LogP contribution in [0.2, 0.25) is 10.0 Å². The predicted octanol–water partition coefficient (Wildman–Crippen LogP) is 5.26. The van der Waals surface area contributed by atoms with E-state index < -0.39 is 12.0 Å². The third-order valence-corrected chi connectivity index (χ3v) is 8.19. The second-order valence-corrected chi connectivity index (χ2v) is 10.5. The smallest absolute Gasteiger partial charge is 0.338 e. The lowest BCUT2D eigenvalue weighted by molar-refractivity contribution is -0.138. The van der Waals surface area contributed by atoms with Crippen molar-refractivity contribution in [3.8, 4) is 11.5 Å². The van der Waals surface area contributed by atoms with E-state index in [2.05, 4.69) is 0 Å². The van der Waals surface area contributed by atoms with Gasteiger partial charge >= 0.3 is 5.97 Å². The Balaban J connectivity index is 1.88. The van der Waals surface area contributed by atoms with Gasteiger partial charge in [-0.05, 0) is 36.8 Å². The quantitative estimate of drug-likeness (QED) is 0.273. The molecule has 7 nitrogen and oxygen atoms in total. The Bertz CT molecular complexity index is 1810. The van der Waals surface area contributed by atoms with Gasteiger partial charge in [-0.1, -0.05) is 77.0 Å². The van der Waals surface area contributed by atoms with Crippen molar-refractivity contribution in [1.82, 2.24) is 4.57 Å². The molecule has 0 spiro atoms. The Morgan fingerprint density at radius 3 is 2.52 bits per heavy atom. The minimum Gasteiger partial charge on any atom is -0.497 e. The maximum atomic E-state index is 14.1. The number of esters is 1. The zero-order valence-corrected chi connectivity index (χ0v) is 24.1. The number of carbonyl (C=O) groups excluding carboxylic acids is 1. The Kier molecular flexibility index (Phi) is 8.12. The maximum Gasteiger partial charge on any atom is 0.338 e. The number of hydrogen-bond donors (Lipinski definition) is 0. The van der Waals surface area contributed by atoms with Crippen molar-refractivity contribution in [2.75, 3.05) is 20.8 Å². The molecule has 1 aliphatic rings. The van der Waals surface area contributed by atoms with Crippen LogP contribution in [0.15, 0.2) is 82.1 Å². The van der Waals surface area contributed by atoms with Gasteiger partial charge in [0.25, 0.3) is 5.56 Å². The Morgan fingerprint density at radius 1 is 1.05 bits per heavy atom. The molecule has 4 aromatic rings. The van der Waals surface area contributed by atoms with E-state index in [0.29, 0.717) is 53.3 Å². The van der Waals surface area contributed by atoms with Gasteiger partial charge in [0.15, 0.2) is 4.80 Å². The molecule has 0 saturated heterocycles. The summed E-state index contributed by atoms with van der Waals surface area (Å²) in [4.78, 5) is 32.9. The predicted molar refractivity (Wildman–Crippen MR) is 157 cm³/mol. The second-order valence-electron chi connectivity index (χ2n) is 8.68. The summed E-state index contributed by atoms with van der Waals surface area (Å²) in [5.74, 6) is 0.418. The zero-order chi connectivity index (χ0) is 28.4. The number of carbonyl (C=O) groups is 1. The molecule has 0 aliphatic carbocycles. The van der Waals surface area contributed by atoms with Gasteiger partial charge in [0.05, 0.1) is 46.7 Å². The van der Waals surface area contributed by atoms with Crippen LogP contribution in [0.3, 0.4) is 0 Å². The molecule has 5 rings (SSSR count). The number of methoxy groups -OCH3 is 2. The first kappa shape index (κ1) is 27.7. The molecule has 204 valence electrons. The molecule has 10 heteroatoms. The van der Waals surface area contributed by atoms with E-state index in [-0.39, 0.29) is 17.7 Å². The van der Waals surface area contributed by atoms with Crippen LogP contribution < -0.4 is 24.4 Å². The molecule has 1 aliphatic heterocycles. The van der Waals surface area contributed by atoms with Gasteiger partial charge in [-0.3, -0.25) is 9.36 Å². The second kappa shape index (κ2) is 11.7. The maximum absolute atomic E-state index is 14.1. The molecule has 0 saturated carbocycles. The number of halogens is 2. The first-order valence-electron chi connectivity index (χ1n) is 12.3. The summed E-state index contributed by atoms with van der Waals surface area (Å²) in [5, 5.41) is 0.709. The van der Waals surface area contributed by atoms with Crippen molar-refractivity contribution >= 4 is 52.3 Å². The molecular weight excluding hydrogens is 571 g/mol. The van der Waals surface area contributed by atoms with Crippen LogP contribution in [-0.2, 0) is 9.53 Å². The molecule has 1 atom stereocenters. The van der Waals surface area contributed by atoms with Crippen LogP contribution in [-0.4, -0.2) is 31.4 Å². The van der Waals surface area contributed by atoms with Gasteiger partial charge in [-0.15, -0.1) is 0 Å². The normalized spacial score (nSPS) is 14.9. The Morgan fingerprint density at radius 2 is 1.82 bits per heavy atom. The number of aromatic nitrogens is 1. The van der Waals surface area contributed by atoms with E-state index in [1.165, 1.54) is 23.0 Å². The van der Waals surface area contributed by atoms with Crippen molar-refractivity contribution in [1.29, 1.82) is 0 Å². The minimum absolute atomic E-state index is 0.147. The molecule has 0 N–H and O–H groups in total. The number of rotatable bonds is 7. The monoisotopic (exact) mass is 594 g/mol. The fraction of sp³-hybridized carbons (Fsp3) is 0.167. The molecule has 1 aromatic heterocycles. The van der Waals surface area contributed by atoms with Gasteiger partial charge in [0.1, 0.15) is 17.5 Å². The highest BCUT2D eigenvalue weighted by molar-refractivity contribution is 7.07. The number of benzene rings is 3. The SMILES string of the molecule is CCOC(=O)C1=C(c2ccccc2)N=c2s/c(=C/c3cccc(Cl)c3Cl)c(=O)n2C1c1ccc(OC)cc1OC. The topological polar surface area (TPSA) is 79.1 Å². The minimum atomic E-state index is -0.900. The number of nitrogens with zero attached hydrogens (tertiary/aromatic N) is 2. The summed E-state index contributed by atoms with van der Waals surface area (Å²) in [6.07, 6.45) is 1.68. The van der Waals surface area contributed by atoms with Crippen LogP contribution in [0, 0.1) is 0 Å². The molecule has 0 amide bonds.